The van der Waals surface area contributed by atoms with Crippen molar-refractivity contribution in [1.82, 2.24) is 0 Å². The number of hydrogen-bond donors (Lipinski definition) is 1. The lowest BCUT2D eigenvalue weighted by molar-refractivity contribution is -0.156. The van der Waals surface area contributed by atoms with Crippen LogP contribution in [0.1, 0.15) is 34.1 Å². The summed E-state index contributed by atoms with van der Waals surface area (Å²) in [7, 11) is 0. The van der Waals surface area contributed by atoms with Gasteiger partial charge in [-0.25, -0.2) is 0 Å². The molecule has 88 valence electrons. The minimum Gasteiger partial charge on any atom is -0.453 e. The van der Waals surface area contributed by atoms with Crippen molar-refractivity contribution in [2.24, 2.45) is 11.7 Å². The van der Waals surface area contributed by atoms with Gasteiger partial charge in [-0.15, -0.1) is 0 Å². The lowest BCUT2D eigenvalue weighted by Gasteiger charge is -2.28. The maximum absolute atomic E-state index is 11.7. The molecule has 0 aromatic rings. The van der Waals surface area contributed by atoms with Gasteiger partial charge in [0, 0.05) is 12.5 Å². The van der Waals surface area contributed by atoms with E-state index in [0.29, 0.717) is 6.42 Å². The van der Waals surface area contributed by atoms with Gasteiger partial charge in [0.2, 0.25) is 0 Å². The molecule has 1 aliphatic carbocycles. The van der Waals surface area contributed by atoms with E-state index >= 15 is 0 Å². The van der Waals surface area contributed by atoms with Crippen LogP contribution in [0.3, 0.4) is 0 Å². The van der Waals surface area contributed by atoms with Crippen molar-refractivity contribution in [1.29, 1.82) is 0 Å². The number of nitrogens with two attached hydrogens (primary N) is 1. The molecule has 2 unspecified atom stereocenters. The summed E-state index contributed by atoms with van der Waals surface area (Å²) >= 11 is 0. The third-order valence-corrected chi connectivity index (χ3v) is 2.60. The third-order valence-electron chi connectivity index (χ3n) is 2.60. The highest BCUT2D eigenvalue weighted by molar-refractivity contribution is 5.76. The quantitative estimate of drug-likeness (QED) is 0.585. The average molecular weight is 221 g/mol. The SMILES string of the molecule is CC1=C=C=CC(C)(OC(=O)C(N)C(C)C)C1. The molecule has 16 heavy (non-hydrogen) atoms. The Morgan fingerprint density at radius 2 is 2.25 bits per heavy atom. The summed E-state index contributed by atoms with van der Waals surface area (Å²) in [6.07, 6.45) is 2.38. The molecule has 0 aliphatic heterocycles. The van der Waals surface area contributed by atoms with Crippen molar-refractivity contribution >= 4 is 5.97 Å². The van der Waals surface area contributed by atoms with E-state index in [2.05, 4.69) is 11.5 Å². The fourth-order valence-electron chi connectivity index (χ4n) is 1.57. The molecular weight excluding hydrogens is 202 g/mol. The Labute approximate surface area is 96.7 Å². The van der Waals surface area contributed by atoms with Crippen LogP contribution in [0.25, 0.3) is 0 Å². The molecule has 0 amide bonds. The molecule has 2 atom stereocenters. The molecule has 0 heterocycles. The topological polar surface area (TPSA) is 52.3 Å². The number of carbonyl (C=O) groups is 1. The first kappa shape index (κ1) is 12.8. The van der Waals surface area contributed by atoms with Gasteiger partial charge in [0.25, 0.3) is 0 Å². The zero-order valence-corrected chi connectivity index (χ0v) is 10.3. The standard InChI is InChI=1S/C13H19NO2/c1-9(2)11(14)12(15)16-13(4)7-5-6-10(3)8-13/h7,9,11H,8,14H2,1-4H3. The van der Waals surface area contributed by atoms with E-state index in [-0.39, 0.29) is 11.9 Å². The minimum atomic E-state index is -0.626. The molecule has 0 bridgehead atoms. The molecule has 1 aliphatic rings. The Hall–Kier alpha value is -1.27. The van der Waals surface area contributed by atoms with Crippen LogP contribution < -0.4 is 5.73 Å². The highest BCUT2D eigenvalue weighted by atomic mass is 16.6. The first-order valence-electron chi connectivity index (χ1n) is 5.51. The fourth-order valence-corrected chi connectivity index (χ4v) is 1.57. The van der Waals surface area contributed by atoms with Crippen molar-refractivity contribution in [3.05, 3.63) is 23.1 Å². The van der Waals surface area contributed by atoms with E-state index in [1.165, 1.54) is 0 Å². The summed E-state index contributed by atoms with van der Waals surface area (Å²) in [6, 6.07) is -0.569. The smallest absolute Gasteiger partial charge is 0.324 e. The Bertz CT molecular complexity index is 385. The number of esters is 1. The highest BCUT2D eigenvalue weighted by Crippen LogP contribution is 2.24. The van der Waals surface area contributed by atoms with Crippen molar-refractivity contribution in [3.63, 3.8) is 0 Å². The zero-order chi connectivity index (χ0) is 12.3. The second-order valence-corrected chi connectivity index (χ2v) is 4.87. The van der Waals surface area contributed by atoms with Crippen LogP contribution in [0, 0.1) is 5.92 Å². The number of carbonyl (C=O) groups excluding carboxylic acids is 1. The largest absolute Gasteiger partial charge is 0.453 e. The number of hydrogen-bond acceptors (Lipinski definition) is 3. The molecule has 0 aromatic carbocycles. The van der Waals surface area contributed by atoms with Crippen molar-refractivity contribution in [2.75, 3.05) is 0 Å². The van der Waals surface area contributed by atoms with E-state index in [9.17, 15) is 4.79 Å². The van der Waals surface area contributed by atoms with Gasteiger partial charge in [0.1, 0.15) is 11.6 Å². The van der Waals surface area contributed by atoms with Crippen molar-refractivity contribution in [2.45, 2.75) is 45.8 Å². The molecule has 0 aromatic heterocycles. The van der Waals surface area contributed by atoms with Gasteiger partial charge < -0.3 is 10.5 Å². The molecule has 0 radical (unpaired) electrons. The Morgan fingerprint density at radius 3 is 2.75 bits per heavy atom. The molecule has 0 fully saturated rings. The summed E-state index contributed by atoms with van der Waals surface area (Å²) in [5.74, 6) is -0.277. The van der Waals surface area contributed by atoms with Crippen LogP contribution in [0.5, 0.6) is 0 Å². The van der Waals surface area contributed by atoms with Gasteiger partial charge in [0.15, 0.2) is 0 Å². The average Bonchev–Trinajstić information content (AvgIpc) is 2.15. The minimum absolute atomic E-state index is 0.0795. The predicted molar refractivity (Wildman–Crippen MR) is 62.7 cm³/mol. The molecular formula is C13H19NO2. The molecule has 3 nitrogen and oxygen atoms in total. The number of ether oxygens (including phenoxy) is 1. The lowest BCUT2D eigenvalue weighted by Crippen LogP contribution is -2.42. The van der Waals surface area contributed by atoms with Crippen LogP contribution >= 0.6 is 0 Å². The van der Waals surface area contributed by atoms with Gasteiger partial charge in [-0.2, -0.15) is 0 Å². The summed E-state index contributed by atoms with van der Waals surface area (Å²) < 4.78 is 5.43. The molecule has 1 rings (SSSR count). The van der Waals surface area contributed by atoms with E-state index in [4.69, 9.17) is 10.5 Å². The fraction of sp³-hybridized carbons (Fsp3) is 0.615. The van der Waals surface area contributed by atoms with Gasteiger partial charge in [-0.1, -0.05) is 25.3 Å². The normalized spacial score (nSPS) is 25.5. The summed E-state index contributed by atoms with van der Waals surface area (Å²) in [5.41, 5.74) is 12.0. The maximum Gasteiger partial charge on any atom is 0.324 e. The lowest BCUT2D eigenvalue weighted by atomic mass is 9.94. The first-order valence-corrected chi connectivity index (χ1v) is 5.51. The highest BCUT2D eigenvalue weighted by Gasteiger charge is 2.31. The summed E-state index contributed by atoms with van der Waals surface area (Å²) in [5, 5.41) is 0. The van der Waals surface area contributed by atoms with E-state index in [0.717, 1.165) is 5.57 Å². The van der Waals surface area contributed by atoms with Crippen LogP contribution in [-0.2, 0) is 9.53 Å². The Morgan fingerprint density at radius 1 is 1.62 bits per heavy atom. The molecule has 3 heteroatoms. The third kappa shape index (κ3) is 3.11. The first-order chi connectivity index (χ1) is 7.34. The molecule has 2 N–H and O–H groups in total. The van der Waals surface area contributed by atoms with Gasteiger partial charge >= 0.3 is 5.97 Å². The van der Waals surface area contributed by atoms with Crippen LogP contribution in [-0.4, -0.2) is 17.6 Å². The summed E-state index contributed by atoms with van der Waals surface area (Å²) in [4.78, 5) is 11.7. The second kappa shape index (κ2) is 4.71. The Balaban J connectivity index is 2.70. The van der Waals surface area contributed by atoms with E-state index < -0.39 is 11.6 Å². The molecule has 0 saturated carbocycles. The van der Waals surface area contributed by atoms with Crippen LogP contribution in [0.4, 0.5) is 0 Å². The second-order valence-electron chi connectivity index (χ2n) is 4.87. The van der Waals surface area contributed by atoms with Crippen molar-refractivity contribution in [3.8, 4) is 0 Å². The maximum atomic E-state index is 11.7. The van der Waals surface area contributed by atoms with Crippen molar-refractivity contribution < 1.29 is 9.53 Å². The van der Waals surface area contributed by atoms with Crippen LogP contribution in [0.2, 0.25) is 0 Å². The number of rotatable bonds is 3. The Kier molecular flexibility index (Phi) is 3.77. The monoisotopic (exact) mass is 221 g/mol. The van der Waals surface area contributed by atoms with Gasteiger partial charge in [0.05, 0.1) is 0 Å². The van der Waals surface area contributed by atoms with E-state index in [1.54, 1.807) is 6.08 Å². The van der Waals surface area contributed by atoms with Gasteiger partial charge in [-0.3, -0.25) is 4.79 Å². The molecule has 0 spiro atoms. The van der Waals surface area contributed by atoms with Gasteiger partial charge in [-0.05, 0) is 25.3 Å². The summed E-state index contributed by atoms with van der Waals surface area (Å²) in [6.45, 7) is 7.59. The van der Waals surface area contributed by atoms with E-state index in [1.807, 2.05) is 27.7 Å². The predicted octanol–water partition coefficient (Wildman–Crippen LogP) is 1.93. The van der Waals surface area contributed by atoms with Crippen LogP contribution in [0.15, 0.2) is 23.1 Å². The zero-order valence-electron chi connectivity index (χ0n) is 10.3. The molecule has 0 saturated heterocycles.